The van der Waals surface area contributed by atoms with E-state index in [0.29, 0.717) is 19.0 Å². The highest BCUT2D eigenvalue weighted by molar-refractivity contribution is 5.89. The van der Waals surface area contributed by atoms with Crippen molar-refractivity contribution in [1.82, 2.24) is 4.57 Å². The van der Waals surface area contributed by atoms with E-state index in [9.17, 15) is 4.79 Å². The molecule has 2 aromatic carbocycles. The number of ether oxygens (including phenoxy) is 3. The molecule has 154 valence electrons. The molecule has 0 spiro atoms. The first-order chi connectivity index (χ1) is 14.2. The molecule has 0 bridgehead atoms. The normalized spacial score (nSPS) is 10.9. The molecule has 0 radical (unpaired) electrons. The molecule has 0 aliphatic heterocycles. The van der Waals surface area contributed by atoms with Crippen LogP contribution in [0.25, 0.3) is 10.9 Å². The molecule has 1 heterocycles. The van der Waals surface area contributed by atoms with Crippen LogP contribution in [0.1, 0.15) is 38.2 Å². The molecule has 5 nitrogen and oxygen atoms in total. The fourth-order valence-electron chi connectivity index (χ4n) is 3.33. The lowest BCUT2D eigenvalue weighted by Crippen LogP contribution is -2.20. The number of pyridine rings is 1. The summed E-state index contributed by atoms with van der Waals surface area (Å²) in [6.45, 7) is 3.17. The first-order valence-electron chi connectivity index (χ1n) is 10.2. The third-order valence-corrected chi connectivity index (χ3v) is 4.98. The number of aryl methyl sites for hydroxylation is 1. The first-order valence-corrected chi connectivity index (χ1v) is 10.2. The van der Waals surface area contributed by atoms with Crippen molar-refractivity contribution in [3.63, 3.8) is 0 Å². The molecule has 5 heteroatoms. The number of methoxy groups -OCH3 is 1. The van der Waals surface area contributed by atoms with Gasteiger partial charge in [0.1, 0.15) is 12.4 Å². The zero-order chi connectivity index (χ0) is 20.6. The molecule has 0 atom stereocenters. The minimum absolute atomic E-state index is 0.222. The maximum atomic E-state index is 12.9. The smallest absolute Gasteiger partial charge is 0.297 e. The van der Waals surface area contributed by atoms with Crippen molar-refractivity contribution < 1.29 is 14.2 Å². The molecule has 3 rings (SSSR count). The standard InChI is InChI=1S/C24H29NO4/c1-4-5-6-10-15-28-19-13-14-20-21(16-19)25(2)24(26)23(22(20)27-3)29-17-18-11-8-7-9-12-18/h7-9,11-14,16H,4-6,10,15,17H2,1-3H3. The van der Waals surface area contributed by atoms with Gasteiger partial charge in [-0.25, -0.2) is 0 Å². The van der Waals surface area contributed by atoms with E-state index in [-0.39, 0.29) is 11.3 Å². The maximum absolute atomic E-state index is 12.9. The minimum atomic E-state index is -0.231. The van der Waals surface area contributed by atoms with Crippen molar-refractivity contribution >= 4 is 10.9 Å². The molecule has 0 aliphatic rings. The quantitative estimate of drug-likeness (QED) is 0.449. The van der Waals surface area contributed by atoms with E-state index in [2.05, 4.69) is 6.92 Å². The lowest BCUT2D eigenvalue weighted by atomic mass is 10.1. The summed E-state index contributed by atoms with van der Waals surface area (Å²) in [6, 6.07) is 15.5. The first kappa shape index (κ1) is 20.8. The topological polar surface area (TPSA) is 49.7 Å². The SMILES string of the molecule is CCCCCCOc1ccc2c(OC)c(OCc3ccccc3)c(=O)n(C)c2c1. The largest absolute Gasteiger partial charge is 0.494 e. The van der Waals surface area contributed by atoms with E-state index < -0.39 is 0 Å². The third-order valence-electron chi connectivity index (χ3n) is 4.98. The van der Waals surface area contributed by atoms with Crippen LogP contribution in [-0.2, 0) is 13.7 Å². The van der Waals surface area contributed by atoms with Gasteiger partial charge < -0.3 is 18.8 Å². The lowest BCUT2D eigenvalue weighted by molar-refractivity contribution is 0.280. The van der Waals surface area contributed by atoms with Gasteiger partial charge in [0.05, 0.1) is 19.2 Å². The van der Waals surface area contributed by atoms with E-state index in [1.807, 2.05) is 48.5 Å². The van der Waals surface area contributed by atoms with Gasteiger partial charge in [-0.3, -0.25) is 4.79 Å². The highest BCUT2D eigenvalue weighted by atomic mass is 16.5. The Kier molecular flexibility index (Phi) is 7.17. The van der Waals surface area contributed by atoms with Crippen molar-refractivity contribution in [2.45, 2.75) is 39.2 Å². The van der Waals surface area contributed by atoms with E-state index in [1.165, 1.54) is 19.3 Å². The number of nitrogens with zero attached hydrogens (tertiary/aromatic N) is 1. The van der Waals surface area contributed by atoms with Gasteiger partial charge in [0.2, 0.25) is 5.75 Å². The van der Waals surface area contributed by atoms with Crippen LogP contribution in [0.2, 0.25) is 0 Å². The number of aromatic nitrogens is 1. The molecule has 0 amide bonds. The van der Waals surface area contributed by atoms with Crippen molar-refractivity contribution in [1.29, 1.82) is 0 Å². The molecule has 0 saturated carbocycles. The fraction of sp³-hybridized carbons (Fsp3) is 0.375. The van der Waals surface area contributed by atoms with E-state index >= 15 is 0 Å². The molecular weight excluding hydrogens is 366 g/mol. The summed E-state index contributed by atoms with van der Waals surface area (Å²) in [5, 5.41) is 0.816. The van der Waals surface area contributed by atoms with E-state index in [0.717, 1.165) is 28.6 Å². The summed E-state index contributed by atoms with van der Waals surface area (Å²) in [4.78, 5) is 12.9. The van der Waals surface area contributed by atoms with Crippen LogP contribution < -0.4 is 19.8 Å². The van der Waals surface area contributed by atoms with E-state index in [4.69, 9.17) is 14.2 Å². The molecule has 29 heavy (non-hydrogen) atoms. The summed E-state index contributed by atoms with van der Waals surface area (Å²) < 4.78 is 18.9. The number of hydrogen-bond acceptors (Lipinski definition) is 4. The number of unbranched alkanes of at least 4 members (excludes halogenated alkanes) is 3. The predicted molar refractivity (Wildman–Crippen MR) is 116 cm³/mol. The molecular formula is C24H29NO4. The summed E-state index contributed by atoms with van der Waals surface area (Å²) in [7, 11) is 3.30. The van der Waals surface area contributed by atoms with Gasteiger partial charge in [-0.15, -0.1) is 0 Å². The summed E-state index contributed by atoms with van der Waals surface area (Å²) in [5.74, 6) is 1.43. The second-order valence-corrected chi connectivity index (χ2v) is 7.09. The Bertz CT molecular complexity index is 995. The molecule has 0 aliphatic carbocycles. The second-order valence-electron chi connectivity index (χ2n) is 7.09. The van der Waals surface area contributed by atoms with Crippen molar-refractivity contribution in [2.75, 3.05) is 13.7 Å². The van der Waals surface area contributed by atoms with Crippen molar-refractivity contribution in [2.24, 2.45) is 7.05 Å². The van der Waals surface area contributed by atoms with Crippen LogP contribution in [-0.4, -0.2) is 18.3 Å². The van der Waals surface area contributed by atoms with Crippen LogP contribution in [0.4, 0.5) is 0 Å². The molecule has 0 unspecified atom stereocenters. The lowest BCUT2D eigenvalue weighted by Gasteiger charge is -2.16. The van der Waals surface area contributed by atoms with Gasteiger partial charge in [0.15, 0.2) is 5.75 Å². The zero-order valence-corrected chi connectivity index (χ0v) is 17.4. The van der Waals surface area contributed by atoms with Gasteiger partial charge in [-0.1, -0.05) is 56.5 Å². The van der Waals surface area contributed by atoms with Gasteiger partial charge in [-0.2, -0.15) is 0 Å². The Morgan fingerprint density at radius 1 is 0.931 bits per heavy atom. The fourth-order valence-corrected chi connectivity index (χ4v) is 3.33. The number of benzene rings is 2. The molecule has 0 fully saturated rings. The molecule has 3 aromatic rings. The summed E-state index contributed by atoms with van der Waals surface area (Å²) in [5.41, 5.74) is 1.51. The number of rotatable bonds is 10. The minimum Gasteiger partial charge on any atom is -0.494 e. The predicted octanol–water partition coefficient (Wildman–Crippen LogP) is 5.09. The Labute approximate surface area is 171 Å². The monoisotopic (exact) mass is 395 g/mol. The molecule has 1 aromatic heterocycles. The van der Waals surface area contributed by atoms with Crippen LogP contribution in [0.15, 0.2) is 53.3 Å². The van der Waals surface area contributed by atoms with Crippen LogP contribution in [0.3, 0.4) is 0 Å². The maximum Gasteiger partial charge on any atom is 0.297 e. The Hall–Kier alpha value is -2.95. The Morgan fingerprint density at radius 2 is 1.72 bits per heavy atom. The summed E-state index contributed by atoms with van der Waals surface area (Å²) >= 11 is 0. The Balaban J connectivity index is 1.87. The number of hydrogen-bond donors (Lipinski definition) is 0. The van der Waals surface area contributed by atoms with Crippen LogP contribution in [0, 0.1) is 0 Å². The third kappa shape index (κ3) is 4.91. The van der Waals surface area contributed by atoms with Gasteiger partial charge in [-0.05, 0) is 24.1 Å². The highest BCUT2D eigenvalue weighted by Crippen LogP contribution is 2.34. The zero-order valence-electron chi connectivity index (χ0n) is 17.4. The Morgan fingerprint density at radius 3 is 2.45 bits per heavy atom. The highest BCUT2D eigenvalue weighted by Gasteiger charge is 2.18. The van der Waals surface area contributed by atoms with Crippen LogP contribution >= 0.6 is 0 Å². The molecule has 0 saturated heterocycles. The van der Waals surface area contributed by atoms with Crippen LogP contribution in [0.5, 0.6) is 17.2 Å². The average molecular weight is 395 g/mol. The van der Waals surface area contributed by atoms with Gasteiger partial charge >= 0.3 is 0 Å². The van der Waals surface area contributed by atoms with E-state index in [1.54, 1.807) is 18.7 Å². The van der Waals surface area contributed by atoms with Crippen molar-refractivity contribution in [3.05, 3.63) is 64.4 Å². The van der Waals surface area contributed by atoms with Gasteiger partial charge in [0.25, 0.3) is 5.56 Å². The average Bonchev–Trinajstić information content (AvgIpc) is 2.76. The summed E-state index contributed by atoms with van der Waals surface area (Å²) in [6.07, 6.45) is 4.62. The van der Waals surface area contributed by atoms with Crippen molar-refractivity contribution in [3.8, 4) is 17.2 Å². The number of fused-ring (bicyclic) bond motifs is 1. The van der Waals surface area contributed by atoms with Gasteiger partial charge in [0, 0.05) is 18.5 Å². The second kappa shape index (κ2) is 10.0. The molecule has 0 N–H and O–H groups in total.